The van der Waals surface area contributed by atoms with Crippen LogP contribution in [-0.4, -0.2) is 43.8 Å². The first-order valence-electron chi connectivity index (χ1n) is 11.0. The average Bonchev–Trinajstić information content (AvgIpc) is 3.22. The largest absolute Gasteiger partial charge is 0.496 e. The highest BCUT2D eigenvalue weighted by atomic mass is 32.1. The van der Waals surface area contributed by atoms with E-state index in [0.717, 1.165) is 36.8 Å². The van der Waals surface area contributed by atoms with Gasteiger partial charge in [0.15, 0.2) is 5.11 Å². The van der Waals surface area contributed by atoms with Gasteiger partial charge in [0, 0.05) is 11.6 Å². The van der Waals surface area contributed by atoms with Crippen LogP contribution < -0.4 is 10.1 Å². The summed E-state index contributed by atoms with van der Waals surface area (Å²) in [7, 11) is 1.57. The average molecular weight is 470 g/mol. The van der Waals surface area contributed by atoms with E-state index in [1.54, 1.807) is 36.6 Å². The van der Waals surface area contributed by atoms with E-state index in [4.69, 9.17) is 17.0 Å². The first-order valence-corrected chi connectivity index (χ1v) is 11.4. The molecule has 0 bridgehead atoms. The zero-order valence-electron chi connectivity index (χ0n) is 19.0. The van der Waals surface area contributed by atoms with Crippen LogP contribution in [0.5, 0.6) is 5.75 Å². The predicted octanol–water partition coefficient (Wildman–Crippen LogP) is 3.86. The van der Waals surface area contributed by atoms with Gasteiger partial charge in [0.2, 0.25) is 0 Å². The number of hydrogen-bond donors (Lipinski definition) is 1. The number of thiocarbonyl (C=S) groups is 1. The second-order valence-corrected chi connectivity index (χ2v) is 8.85. The maximum Gasteiger partial charge on any atom is 0.312 e. The molecule has 0 unspecified atom stereocenters. The summed E-state index contributed by atoms with van der Waals surface area (Å²) >= 11 is 5.46. The number of methoxy groups -OCH3 is 1. The van der Waals surface area contributed by atoms with E-state index in [1.165, 1.54) is 6.42 Å². The van der Waals surface area contributed by atoms with Crippen molar-refractivity contribution in [1.29, 1.82) is 0 Å². The van der Waals surface area contributed by atoms with Gasteiger partial charge in [-0.25, -0.2) is 0 Å². The molecule has 1 amide bonds. The van der Waals surface area contributed by atoms with Crippen LogP contribution >= 0.6 is 12.2 Å². The van der Waals surface area contributed by atoms with Crippen molar-refractivity contribution in [2.45, 2.75) is 58.5 Å². The molecule has 174 valence electrons. The molecule has 1 saturated heterocycles. The Balaban J connectivity index is 1.61. The number of aryl methyl sites for hydroxylation is 1. The Morgan fingerprint density at radius 3 is 2.67 bits per heavy atom. The number of amides is 1. The number of nitrogens with zero attached hydrogens (tertiary/aromatic N) is 4. The molecule has 1 aromatic carbocycles. The minimum absolute atomic E-state index is 0.0179. The van der Waals surface area contributed by atoms with Gasteiger partial charge in [0.05, 0.1) is 18.6 Å². The summed E-state index contributed by atoms with van der Waals surface area (Å²) in [4.78, 5) is 25.7. The highest BCUT2D eigenvalue weighted by molar-refractivity contribution is 7.80. The van der Waals surface area contributed by atoms with E-state index in [-0.39, 0.29) is 17.6 Å². The van der Waals surface area contributed by atoms with E-state index in [9.17, 15) is 14.9 Å². The lowest BCUT2D eigenvalue weighted by molar-refractivity contribution is -0.386. The standard InChI is InChI=1S/C23H27N5O4S/c1-14-21(28(30)31)15(2)26(25-14)13-17-11-16(9-10-20(17)32-3)12-19-22(29)27(23(33)24-19)18-7-5-4-6-8-18/h9-12,18H,4-8,13H2,1-3H3,(H,24,33)/b19-12+. The molecule has 2 aromatic rings. The quantitative estimate of drug-likeness (QED) is 0.297. The van der Waals surface area contributed by atoms with Crippen molar-refractivity contribution in [3.05, 3.63) is 56.5 Å². The molecule has 1 N–H and O–H groups in total. The zero-order chi connectivity index (χ0) is 23.7. The lowest BCUT2D eigenvalue weighted by Gasteiger charge is -2.29. The van der Waals surface area contributed by atoms with Gasteiger partial charge in [-0.3, -0.25) is 24.5 Å². The Kier molecular flexibility index (Phi) is 6.46. The highest BCUT2D eigenvalue weighted by Gasteiger charge is 2.36. The SMILES string of the molecule is COc1ccc(/C=C2/NC(=S)N(C3CCCCC3)C2=O)cc1Cn1nc(C)c([N+](=O)[O-])c1C. The van der Waals surface area contributed by atoms with Crippen LogP contribution in [0.2, 0.25) is 0 Å². The monoisotopic (exact) mass is 469 g/mol. The summed E-state index contributed by atoms with van der Waals surface area (Å²) in [6.45, 7) is 3.60. The summed E-state index contributed by atoms with van der Waals surface area (Å²) in [5.41, 5.74) is 2.90. The number of hydrogen-bond acceptors (Lipinski definition) is 6. The molecule has 4 rings (SSSR count). The molecule has 1 aliphatic heterocycles. The van der Waals surface area contributed by atoms with Gasteiger partial charge in [-0.1, -0.05) is 25.3 Å². The van der Waals surface area contributed by atoms with Gasteiger partial charge in [0.1, 0.15) is 22.8 Å². The summed E-state index contributed by atoms with van der Waals surface area (Å²) in [5, 5.41) is 19.2. The van der Waals surface area contributed by atoms with Crippen LogP contribution in [-0.2, 0) is 11.3 Å². The number of nitrogens with one attached hydrogen (secondary N) is 1. The van der Waals surface area contributed by atoms with Gasteiger partial charge in [-0.2, -0.15) is 5.10 Å². The van der Waals surface area contributed by atoms with Crippen molar-refractivity contribution in [2.75, 3.05) is 7.11 Å². The molecule has 2 fully saturated rings. The van der Waals surface area contributed by atoms with Crippen LogP contribution in [0.25, 0.3) is 6.08 Å². The molecular weight excluding hydrogens is 442 g/mol. The Hall–Kier alpha value is -3.27. The third-order valence-corrected chi connectivity index (χ3v) is 6.61. The fraction of sp³-hybridized carbons (Fsp3) is 0.435. The number of carbonyl (C=O) groups excluding carboxylic acids is 1. The van der Waals surface area contributed by atoms with Crippen LogP contribution in [0.3, 0.4) is 0 Å². The van der Waals surface area contributed by atoms with E-state index in [1.807, 2.05) is 18.2 Å². The first kappa shape index (κ1) is 22.9. The first-order chi connectivity index (χ1) is 15.8. The summed E-state index contributed by atoms with van der Waals surface area (Å²) in [6, 6.07) is 5.74. The third-order valence-electron chi connectivity index (χ3n) is 6.31. The van der Waals surface area contributed by atoms with Crippen LogP contribution in [0, 0.1) is 24.0 Å². The number of aromatic nitrogens is 2. The Morgan fingerprint density at radius 1 is 1.30 bits per heavy atom. The van der Waals surface area contributed by atoms with E-state index < -0.39 is 4.92 Å². The van der Waals surface area contributed by atoms with Gasteiger partial charge in [0.25, 0.3) is 5.91 Å². The number of carbonyl (C=O) groups is 1. The van der Waals surface area contributed by atoms with Crippen molar-refractivity contribution < 1.29 is 14.5 Å². The molecule has 10 heteroatoms. The van der Waals surface area contributed by atoms with Gasteiger partial charge >= 0.3 is 5.69 Å². The normalized spacial score (nSPS) is 18.2. The molecule has 1 aromatic heterocycles. The zero-order valence-corrected chi connectivity index (χ0v) is 19.8. The molecule has 0 radical (unpaired) electrons. The van der Waals surface area contributed by atoms with Crippen molar-refractivity contribution in [3.8, 4) is 5.75 Å². The number of ether oxygens (including phenoxy) is 1. The van der Waals surface area contributed by atoms with Crippen LogP contribution in [0.4, 0.5) is 5.69 Å². The fourth-order valence-electron chi connectivity index (χ4n) is 4.67. The molecule has 33 heavy (non-hydrogen) atoms. The molecule has 1 aliphatic carbocycles. The fourth-order valence-corrected chi connectivity index (χ4v) is 5.01. The summed E-state index contributed by atoms with van der Waals surface area (Å²) in [6.07, 6.45) is 7.16. The van der Waals surface area contributed by atoms with Gasteiger partial charge in [-0.05, 0) is 62.7 Å². The van der Waals surface area contributed by atoms with Crippen molar-refractivity contribution in [3.63, 3.8) is 0 Å². The minimum atomic E-state index is -0.412. The van der Waals surface area contributed by atoms with E-state index in [2.05, 4.69) is 10.4 Å². The van der Waals surface area contributed by atoms with Crippen molar-refractivity contribution in [2.24, 2.45) is 0 Å². The van der Waals surface area contributed by atoms with Gasteiger partial charge in [-0.15, -0.1) is 0 Å². The second kappa shape index (κ2) is 9.30. The highest BCUT2D eigenvalue weighted by Crippen LogP contribution is 2.29. The summed E-state index contributed by atoms with van der Waals surface area (Å²) < 4.78 is 7.09. The van der Waals surface area contributed by atoms with E-state index in [0.29, 0.717) is 34.5 Å². The Morgan fingerprint density at radius 2 is 2.03 bits per heavy atom. The number of nitro groups is 1. The van der Waals surface area contributed by atoms with E-state index >= 15 is 0 Å². The smallest absolute Gasteiger partial charge is 0.312 e. The Labute approximate surface area is 197 Å². The predicted molar refractivity (Wildman–Crippen MR) is 128 cm³/mol. The van der Waals surface area contributed by atoms with Crippen molar-refractivity contribution in [1.82, 2.24) is 20.0 Å². The molecule has 2 heterocycles. The maximum atomic E-state index is 13.1. The second-order valence-electron chi connectivity index (χ2n) is 8.46. The summed E-state index contributed by atoms with van der Waals surface area (Å²) in [5.74, 6) is 0.538. The molecule has 2 aliphatic rings. The number of rotatable bonds is 6. The van der Waals surface area contributed by atoms with Crippen LogP contribution in [0.1, 0.15) is 54.6 Å². The van der Waals surface area contributed by atoms with Crippen LogP contribution in [0.15, 0.2) is 23.9 Å². The minimum Gasteiger partial charge on any atom is -0.496 e. The maximum absolute atomic E-state index is 13.1. The topological polar surface area (TPSA) is 103 Å². The number of benzene rings is 1. The lowest BCUT2D eigenvalue weighted by Crippen LogP contribution is -2.41. The van der Waals surface area contributed by atoms with Gasteiger partial charge < -0.3 is 10.1 Å². The molecule has 0 spiro atoms. The lowest BCUT2D eigenvalue weighted by atomic mass is 9.94. The molecule has 1 saturated carbocycles. The molecular formula is C23H27N5O4S. The molecule has 9 nitrogen and oxygen atoms in total. The molecule has 0 atom stereocenters. The van der Waals surface area contributed by atoms with Crippen molar-refractivity contribution >= 4 is 35.0 Å². The third kappa shape index (κ3) is 4.47. The Bertz CT molecular complexity index is 1150.